The molecule has 0 aromatic carbocycles. The standard InChI is InChI=1S/C12H25NO2.ClH/c1-5-10(6-2)12(8-4)15-13-9-11(14)7-3;/h11,13-14H,5-9H2,1-4H3;1H. The molecule has 0 aromatic rings. The smallest absolute Gasteiger partial charge is 0.165 e. The van der Waals surface area contributed by atoms with Crippen molar-refractivity contribution in [3.8, 4) is 0 Å². The molecule has 0 rings (SSSR count). The minimum atomic E-state index is -0.269. The van der Waals surface area contributed by atoms with Crippen LogP contribution >= 0.6 is 0 Å². The van der Waals surface area contributed by atoms with Gasteiger partial charge in [0.25, 0.3) is 0 Å². The maximum atomic E-state index is 9.37. The van der Waals surface area contributed by atoms with Gasteiger partial charge in [0.05, 0.1) is 0 Å². The first-order valence-corrected chi connectivity index (χ1v) is 6.06. The zero-order chi connectivity index (χ0) is 11.7. The van der Waals surface area contributed by atoms with Gasteiger partial charge in [0.15, 0.2) is 5.76 Å². The topological polar surface area (TPSA) is 46.1 Å². The Kier molecular flexibility index (Phi) is 12.7. The summed E-state index contributed by atoms with van der Waals surface area (Å²) < 4.78 is 0. The fraction of sp³-hybridized carbons (Fsp3) is 0.833. The summed E-state index contributed by atoms with van der Waals surface area (Å²) in [6.07, 6.45) is 3.53. The Morgan fingerprint density at radius 3 is 2.06 bits per heavy atom. The van der Waals surface area contributed by atoms with E-state index in [2.05, 4.69) is 20.8 Å². The van der Waals surface area contributed by atoms with Crippen molar-refractivity contribution in [3.63, 3.8) is 0 Å². The molecule has 0 aliphatic heterocycles. The van der Waals surface area contributed by atoms with Crippen LogP contribution in [0.25, 0.3) is 0 Å². The Hall–Kier alpha value is -0.250. The van der Waals surface area contributed by atoms with Gasteiger partial charge in [-0.25, -0.2) is 0 Å². The molecule has 1 atom stereocenters. The molecule has 16 heavy (non-hydrogen) atoms. The Morgan fingerprint density at radius 1 is 1.12 bits per heavy atom. The number of aliphatic hydroxyl groups excluding tert-OH is 1. The third kappa shape index (κ3) is 7.09. The van der Waals surface area contributed by atoms with Crippen LogP contribution in [0, 0.1) is 0 Å². The number of nitrogens with two attached hydrogens (primary N) is 1. The molecule has 0 saturated carbocycles. The number of hydrogen-bond acceptors (Lipinski definition) is 2. The molecule has 0 amide bonds. The van der Waals surface area contributed by atoms with Crippen molar-refractivity contribution in [2.24, 2.45) is 0 Å². The number of aliphatic hydroxyl groups is 1. The van der Waals surface area contributed by atoms with Crippen LogP contribution in [0.5, 0.6) is 0 Å². The fourth-order valence-electron chi connectivity index (χ4n) is 1.49. The van der Waals surface area contributed by atoms with Gasteiger partial charge >= 0.3 is 0 Å². The first-order valence-electron chi connectivity index (χ1n) is 6.06. The highest BCUT2D eigenvalue weighted by Gasteiger charge is 2.08. The highest BCUT2D eigenvalue weighted by molar-refractivity contribution is 5.06. The lowest BCUT2D eigenvalue weighted by Gasteiger charge is -2.11. The zero-order valence-corrected chi connectivity index (χ0v) is 11.7. The maximum absolute atomic E-state index is 9.37. The second-order valence-corrected chi connectivity index (χ2v) is 3.67. The molecule has 0 aromatic heterocycles. The second kappa shape index (κ2) is 11.2. The molecule has 0 radical (unpaired) electrons. The van der Waals surface area contributed by atoms with Gasteiger partial charge in [-0.1, -0.05) is 27.7 Å². The van der Waals surface area contributed by atoms with Crippen molar-refractivity contribution in [1.29, 1.82) is 0 Å². The lowest BCUT2D eigenvalue weighted by Crippen LogP contribution is -3.00. The van der Waals surface area contributed by atoms with Gasteiger partial charge in [0, 0.05) is 6.42 Å². The van der Waals surface area contributed by atoms with Gasteiger partial charge in [0.2, 0.25) is 0 Å². The Balaban J connectivity index is 0. The summed E-state index contributed by atoms with van der Waals surface area (Å²) in [4.78, 5) is 5.60. The third-order valence-corrected chi connectivity index (χ3v) is 2.63. The number of quaternary nitrogens is 1. The van der Waals surface area contributed by atoms with Crippen molar-refractivity contribution in [3.05, 3.63) is 11.3 Å². The minimum Gasteiger partial charge on any atom is -1.00 e. The second-order valence-electron chi connectivity index (χ2n) is 3.67. The van der Waals surface area contributed by atoms with E-state index in [0.29, 0.717) is 6.54 Å². The normalized spacial score (nSPS) is 11.6. The Bertz CT molecular complexity index is 189. The number of hydrogen-bond donors (Lipinski definition) is 2. The van der Waals surface area contributed by atoms with Gasteiger partial charge in [-0.2, -0.15) is 5.48 Å². The maximum Gasteiger partial charge on any atom is 0.165 e. The van der Waals surface area contributed by atoms with Gasteiger partial charge in [-0.15, -0.1) is 0 Å². The SMILES string of the molecule is CCC(CC)=C(CC)O[NH2+]CC(O)CC.[Cl-]. The predicted molar refractivity (Wildman–Crippen MR) is 62.1 cm³/mol. The Labute approximate surface area is 106 Å². The first kappa shape index (κ1) is 18.1. The summed E-state index contributed by atoms with van der Waals surface area (Å²) in [5.74, 6) is 1.07. The molecular formula is C12H26ClNO2. The van der Waals surface area contributed by atoms with Gasteiger partial charge in [-0.05, 0) is 24.8 Å². The summed E-state index contributed by atoms with van der Waals surface area (Å²) >= 11 is 0. The molecule has 0 aliphatic rings. The summed E-state index contributed by atoms with van der Waals surface area (Å²) in [6, 6.07) is 0. The molecule has 0 spiro atoms. The number of rotatable bonds is 8. The lowest BCUT2D eigenvalue weighted by molar-refractivity contribution is -0.887. The molecule has 3 N–H and O–H groups in total. The molecule has 98 valence electrons. The van der Waals surface area contributed by atoms with Crippen LogP contribution in [0.2, 0.25) is 0 Å². The van der Waals surface area contributed by atoms with Crippen molar-refractivity contribution >= 4 is 0 Å². The molecule has 3 nitrogen and oxygen atoms in total. The van der Waals surface area contributed by atoms with E-state index in [0.717, 1.165) is 31.4 Å². The highest BCUT2D eigenvalue weighted by Crippen LogP contribution is 2.14. The van der Waals surface area contributed by atoms with Gasteiger partial charge in [-0.3, -0.25) is 0 Å². The van der Waals surface area contributed by atoms with E-state index in [9.17, 15) is 5.11 Å². The zero-order valence-electron chi connectivity index (χ0n) is 10.9. The Morgan fingerprint density at radius 2 is 1.69 bits per heavy atom. The fourth-order valence-corrected chi connectivity index (χ4v) is 1.49. The average molecular weight is 252 g/mol. The van der Waals surface area contributed by atoms with E-state index < -0.39 is 0 Å². The first-order chi connectivity index (χ1) is 7.19. The van der Waals surface area contributed by atoms with Gasteiger partial charge < -0.3 is 22.4 Å². The van der Waals surface area contributed by atoms with E-state index in [-0.39, 0.29) is 18.5 Å². The number of halogens is 1. The molecule has 0 bridgehead atoms. The largest absolute Gasteiger partial charge is 1.00 e. The van der Waals surface area contributed by atoms with Crippen LogP contribution in [0.4, 0.5) is 0 Å². The van der Waals surface area contributed by atoms with E-state index in [1.54, 1.807) is 5.48 Å². The van der Waals surface area contributed by atoms with Crippen molar-refractivity contribution < 1.29 is 27.8 Å². The minimum absolute atomic E-state index is 0. The molecular weight excluding hydrogens is 226 g/mol. The summed E-state index contributed by atoms with van der Waals surface area (Å²) in [7, 11) is 0. The van der Waals surface area contributed by atoms with E-state index >= 15 is 0 Å². The van der Waals surface area contributed by atoms with Gasteiger partial charge in [0.1, 0.15) is 12.6 Å². The van der Waals surface area contributed by atoms with Crippen molar-refractivity contribution in [2.45, 2.75) is 59.5 Å². The van der Waals surface area contributed by atoms with Crippen molar-refractivity contribution in [1.82, 2.24) is 0 Å². The van der Waals surface area contributed by atoms with Crippen LogP contribution in [0.3, 0.4) is 0 Å². The average Bonchev–Trinajstić information content (AvgIpc) is 2.27. The summed E-state index contributed by atoms with van der Waals surface area (Å²) in [5.41, 5.74) is 3.11. The van der Waals surface area contributed by atoms with E-state index in [1.165, 1.54) is 5.57 Å². The van der Waals surface area contributed by atoms with Crippen LogP contribution in [-0.4, -0.2) is 17.8 Å². The molecule has 4 heteroatoms. The van der Waals surface area contributed by atoms with Crippen LogP contribution < -0.4 is 17.9 Å². The van der Waals surface area contributed by atoms with E-state index in [1.807, 2.05) is 6.92 Å². The quantitative estimate of drug-likeness (QED) is 0.418. The lowest BCUT2D eigenvalue weighted by atomic mass is 10.1. The molecule has 0 aliphatic carbocycles. The van der Waals surface area contributed by atoms with Crippen LogP contribution in [-0.2, 0) is 4.84 Å². The summed E-state index contributed by atoms with van der Waals surface area (Å²) in [5, 5.41) is 9.37. The van der Waals surface area contributed by atoms with Crippen molar-refractivity contribution in [2.75, 3.05) is 6.54 Å². The summed E-state index contributed by atoms with van der Waals surface area (Å²) in [6.45, 7) is 8.99. The number of hydroxylamine groups is 1. The predicted octanol–water partition coefficient (Wildman–Crippen LogP) is -1.26. The highest BCUT2D eigenvalue weighted by atomic mass is 35.5. The molecule has 0 fully saturated rings. The van der Waals surface area contributed by atoms with Crippen LogP contribution in [0.15, 0.2) is 11.3 Å². The monoisotopic (exact) mass is 251 g/mol. The molecule has 0 heterocycles. The molecule has 0 saturated heterocycles. The third-order valence-electron chi connectivity index (χ3n) is 2.63. The van der Waals surface area contributed by atoms with E-state index in [4.69, 9.17) is 4.84 Å². The number of allylic oxidation sites excluding steroid dienone is 2. The van der Waals surface area contributed by atoms with Crippen LogP contribution in [0.1, 0.15) is 53.4 Å². The molecule has 1 unspecified atom stereocenters.